The quantitative estimate of drug-likeness (QED) is 0.581. The van der Waals surface area contributed by atoms with Crippen LogP contribution in [0.4, 0.5) is 5.82 Å². The van der Waals surface area contributed by atoms with Crippen LogP contribution in [0.1, 0.15) is 0 Å². The molecule has 0 fully saturated rings. The number of nitrogen functional groups attached to an aromatic ring is 1. The Morgan fingerprint density at radius 3 is 2.26 bits per heavy atom. The van der Waals surface area contributed by atoms with Crippen LogP contribution in [0, 0.1) is 0 Å². The minimum Gasteiger partial charge on any atom is -0.457 e. The van der Waals surface area contributed by atoms with Gasteiger partial charge in [-0.2, -0.15) is 5.10 Å². The predicted octanol–water partition coefficient (Wildman–Crippen LogP) is 4.60. The van der Waals surface area contributed by atoms with E-state index in [-0.39, 0.29) is 0 Å². The molecule has 4 nitrogen and oxygen atoms in total. The molecule has 4 aromatic rings. The molecule has 4 heteroatoms. The number of rotatable bonds is 3. The number of aromatic amines is 1. The van der Waals surface area contributed by atoms with Gasteiger partial charge < -0.3 is 10.5 Å². The van der Waals surface area contributed by atoms with Gasteiger partial charge in [0, 0.05) is 5.39 Å². The van der Waals surface area contributed by atoms with Crippen molar-refractivity contribution in [2.75, 3.05) is 5.73 Å². The maximum Gasteiger partial charge on any atom is 0.153 e. The molecule has 0 aliphatic carbocycles. The first-order valence-corrected chi connectivity index (χ1v) is 7.36. The summed E-state index contributed by atoms with van der Waals surface area (Å²) in [6, 6.07) is 23.8. The number of fused-ring (bicyclic) bond motifs is 1. The smallest absolute Gasteiger partial charge is 0.153 e. The Morgan fingerprint density at radius 2 is 1.48 bits per heavy atom. The van der Waals surface area contributed by atoms with Crippen LogP contribution in [0.5, 0.6) is 11.5 Å². The maximum atomic E-state index is 5.87. The van der Waals surface area contributed by atoms with Crippen molar-refractivity contribution in [3.05, 3.63) is 72.8 Å². The lowest BCUT2D eigenvalue weighted by atomic mass is 10.0. The van der Waals surface area contributed by atoms with E-state index < -0.39 is 0 Å². The fourth-order valence-corrected chi connectivity index (χ4v) is 2.55. The lowest BCUT2D eigenvalue weighted by molar-refractivity contribution is 0.483. The van der Waals surface area contributed by atoms with Gasteiger partial charge in [-0.05, 0) is 47.5 Å². The van der Waals surface area contributed by atoms with E-state index in [0.29, 0.717) is 5.82 Å². The highest BCUT2D eigenvalue weighted by atomic mass is 16.5. The van der Waals surface area contributed by atoms with Crippen molar-refractivity contribution in [3.8, 4) is 22.6 Å². The van der Waals surface area contributed by atoms with Crippen molar-refractivity contribution in [1.82, 2.24) is 10.2 Å². The number of nitrogens with zero attached hydrogens (tertiary/aromatic N) is 1. The third kappa shape index (κ3) is 2.62. The van der Waals surface area contributed by atoms with Gasteiger partial charge in [0.05, 0.1) is 5.52 Å². The molecule has 0 amide bonds. The molecule has 0 saturated carbocycles. The van der Waals surface area contributed by atoms with E-state index >= 15 is 0 Å². The van der Waals surface area contributed by atoms with Crippen LogP contribution in [0.25, 0.3) is 22.0 Å². The Labute approximate surface area is 133 Å². The highest BCUT2D eigenvalue weighted by Gasteiger charge is 2.05. The fraction of sp³-hybridized carbons (Fsp3) is 0. The first-order chi connectivity index (χ1) is 11.3. The van der Waals surface area contributed by atoms with Crippen LogP contribution in [0.15, 0.2) is 72.8 Å². The van der Waals surface area contributed by atoms with Gasteiger partial charge in [-0.15, -0.1) is 0 Å². The Hall–Kier alpha value is -3.27. The molecule has 0 radical (unpaired) electrons. The number of ether oxygens (including phenoxy) is 1. The van der Waals surface area contributed by atoms with Gasteiger partial charge in [-0.1, -0.05) is 36.4 Å². The second-order valence-electron chi connectivity index (χ2n) is 5.31. The topological polar surface area (TPSA) is 63.9 Å². The second kappa shape index (κ2) is 5.50. The molecule has 0 aliphatic heterocycles. The zero-order valence-corrected chi connectivity index (χ0v) is 12.4. The number of para-hydroxylation sites is 1. The summed E-state index contributed by atoms with van der Waals surface area (Å²) >= 11 is 0. The Morgan fingerprint density at radius 1 is 0.783 bits per heavy atom. The summed E-state index contributed by atoms with van der Waals surface area (Å²) in [5.41, 5.74) is 9.01. The van der Waals surface area contributed by atoms with Gasteiger partial charge in [0.15, 0.2) is 5.82 Å². The third-order valence-corrected chi connectivity index (χ3v) is 3.76. The molecule has 1 heterocycles. The largest absolute Gasteiger partial charge is 0.457 e. The first-order valence-electron chi connectivity index (χ1n) is 7.36. The Kier molecular flexibility index (Phi) is 3.20. The fourth-order valence-electron chi connectivity index (χ4n) is 2.55. The summed E-state index contributed by atoms with van der Waals surface area (Å²) in [4.78, 5) is 0. The molecule has 0 aliphatic rings. The molecule has 3 aromatic carbocycles. The van der Waals surface area contributed by atoms with Gasteiger partial charge >= 0.3 is 0 Å². The van der Waals surface area contributed by atoms with E-state index in [0.717, 1.165) is 33.5 Å². The number of nitrogens with two attached hydrogens (primary N) is 1. The molecule has 112 valence electrons. The maximum absolute atomic E-state index is 5.87. The molecule has 0 unspecified atom stereocenters. The van der Waals surface area contributed by atoms with E-state index in [1.54, 1.807) is 0 Å². The SMILES string of the molecule is Nc1n[nH]c2ccc(-c3ccc(Oc4ccccc4)cc3)cc12. The van der Waals surface area contributed by atoms with Crippen molar-refractivity contribution < 1.29 is 4.74 Å². The predicted molar refractivity (Wildman–Crippen MR) is 92.5 cm³/mol. The summed E-state index contributed by atoms with van der Waals surface area (Å²) in [5, 5.41) is 7.87. The number of benzene rings is 3. The van der Waals surface area contributed by atoms with Gasteiger partial charge in [0.25, 0.3) is 0 Å². The third-order valence-electron chi connectivity index (χ3n) is 3.76. The van der Waals surface area contributed by atoms with E-state index in [4.69, 9.17) is 10.5 Å². The average molecular weight is 301 g/mol. The molecule has 3 N–H and O–H groups in total. The van der Waals surface area contributed by atoms with Gasteiger partial charge in [0.1, 0.15) is 11.5 Å². The summed E-state index contributed by atoms with van der Waals surface area (Å²) in [6.45, 7) is 0. The van der Waals surface area contributed by atoms with Gasteiger partial charge in [-0.3, -0.25) is 5.10 Å². The lowest BCUT2D eigenvalue weighted by Crippen LogP contribution is -1.85. The van der Waals surface area contributed by atoms with Gasteiger partial charge in [-0.25, -0.2) is 0 Å². The van der Waals surface area contributed by atoms with Crippen LogP contribution in [0.3, 0.4) is 0 Å². The molecule has 0 bridgehead atoms. The summed E-state index contributed by atoms with van der Waals surface area (Å²) in [7, 11) is 0. The summed E-state index contributed by atoms with van der Waals surface area (Å²) in [6.07, 6.45) is 0. The molecule has 0 atom stereocenters. The molecular formula is C19H15N3O. The lowest BCUT2D eigenvalue weighted by Gasteiger charge is -2.07. The summed E-state index contributed by atoms with van der Waals surface area (Å²) < 4.78 is 5.81. The van der Waals surface area contributed by atoms with E-state index in [2.05, 4.69) is 10.2 Å². The Bertz CT molecular complexity index is 943. The highest BCUT2D eigenvalue weighted by molar-refractivity contribution is 5.92. The molecule has 23 heavy (non-hydrogen) atoms. The molecule has 1 aromatic heterocycles. The van der Waals surface area contributed by atoms with Crippen LogP contribution in [-0.4, -0.2) is 10.2 Å². The number of hydrogen-bond donors (Lipinski definition) is 2. The number of anilines is 1. The second-order valence-corrected chi connectivity index (χ2v) is 5.31. The number of H-pyrrole nitrogens is 1. The van der Waals surface area contributed by atoms with Crippen molar-refractivity contribution in [2.24, 2.45) is 0 Å². The van der Waals surface area contributed by atoms with E-state index in [9.17, 15) is 0 Å². The van der Waals surface area contributed by atoms with Crippen molar-refractivity contribution in [2.45, 2.75) is 0 Å². The summed E-state index contributed by atoms with van der Waals surface area (Å²) in [5.74, 6) is 2.16. The average Bonchev–Trinajstić information content (AvgIpc) is 2.97. The normalized spacial score (nSPS) is 10.8. The zero-order chi connectivity index (χ0) is 15.6. The highest BCUT2D eigenvalue weighted by Crippen LogP contribution is 2.28. The van der Waals surface area contributed by atoms with Crippen LogP contribution in [-0.2, 0) is 0 Å². The monoisotopic (exact) mass is 301 g/mol. The van der Waals surface area contributed by atoms with Crippen LogP contribution < -0.4 is 10.5 Å². The van der Waals surface area contributed by atoms with Gasteiger partial charge in [0.2, 0.25) is 0 Å². The van der Waals surface area contributed by atoms with E-state index in [1.807, 2.05) is 72.8 Å². The minimum absolute atomic E-state index is 0.519. The standard InChI is InChI=1S/C19H15N3O/c20-19-17-12-14(8-11-18(17)21-22-19)13-6-9-16(10-7-13)23-15-4-2-1-3-5-15/h1-12H,(H3,20,21,22). The zero-order valence-electron chi connectivity index (χ0n) is 12.4. The number of hydrogen-bond acceptors (Lipinski definition) is 3. The minimum atomic E-state index is 0.519. The van der Waals surface area contributed by atoms with Crippen molar-refractivity contribution in [3.63, 3.8) is 0 Å². The van der Waals surface area contributed by atoms with Crippen LogP contribution in [0.2, 0.25) is 0 Å². The number of aromatic nitrogens is 2. The number of nitrogens with one attached hydrogen (secondary N) is 1. The molecule has 0 spiro atoms. The molecule has 4 rings (SSSR count). The molecule has 0 saturated heterocycles. The molecular weight excluding hydrogens is 286 g/mol. The van der Waals surface area contributed by atoms with Crippen molar-refractivity contribution >= 4 is 16.7 Å². The first kappa shape index (κ1) is 13.4. The Balaban J connectivity index is 1.62. The van der Waals surface area contributed by atoms with Crippen molar-refractivity contribution in [1.29, 1.82) is 0 Å². The van der Waals surface area contributed by atoms with E-state index in [1.165, 1.54) is 0 Å². The van der Waals surface area contributed by atoms with Crippen LogP contribution >= 0.6 is 0 Å².